The number of Topliss-reactive ketones (excluding diaryl/α,β-unsaturated/α-hetero) is 1. The standard InChI is InChI=1S/C17H21NO/c1-18(2)16-12-8-11-15(13-16)17(19)14-9-6-4-3-5-7-10-14/h3-4,8,10-13H,5-7,9H2,1-2H3/b4-3-,14-10+. The first kappa shape index (κ1) is 13.6. The van der Waals surface area contributed by atoms with Crippen molar-refractivity contribution in [3.8, 4) is 0 Å². The molecule has 1 aromatic carbocycles. The van der Waals surface area contributed by atoms with Crippen molar-refractivity contribution in [2.75, 3.05) is 19.0 Å². The van der Waals surface area contributed by atoms with E-state index in [9.17, 15) is 4.79 Å². The number of carbonyl (C=O) groups excluding carboxylic acids is 1. The molecule has 0 saturated heterocycles. The molecular weight excluding hydrogens is 234 g/mol. The summed E-state index contributed by atoms with van der Waals surface area (Å²) in [6.45, 7) is 0. The van der Waals surface area contributed by atoms with E-state index in [1.807, 2.05) is 43.3 Å². The van der Waals surface area contributed by atoms with E-state index in [0.717, 1.165) is 42.5 Å². The molecule has 0 heterocycles. The maximum absolute atomic E-state index is 12.5. The largest absolute Gasteiger partial charge is 0.378 e. The average Bonchev–Trinajstić information content (AvgIpc) is 2.38. The van der Waals surface area contributed by atoms with Gasteiger partial charge >= 0.3 is 0 Å². The van der Waals surface area contributed by atoms with E-state index in [1.54, 1.807) is 0 Å². The van der Waals surface area contributed by atoms with Crippen LogP contribution in [0.2, 0.25) is 0 Å². The van der Waals surface area contributed by atoms with Gasteiger partial charge in [0.1, 0.15) is 0 Å². The fourth-order valence-corrected chi connectivity index (χ4v) is 2.25. The van der Waals surface area contributed by atoms with Gasteiger partial charge in [0.2, 0.25) is 0 Å². The number of ketones is 1. The Kier molecular flexibility index (Phi) is 4.56. The third-order valence-electron chi connectivity index (χ3n) is 3.39. The van der Waals surface area contributed by atoms with E-state index >= 15 is 0 Å². The fraction of sp³-hybridized carbons (Fsp3) is 0.353. The van der Waals surface area contributed by atoms with Gasteiger partial charge in [-0.15, -0.1) is 0 Å². The molecule has 1 aliphatic carbocycles. The Morgan fingerprint density at radius 3 is 2.68 bits per heavy atom. The van der Waals surface area contributed by atoms with Crippen LogP contribution < -0.4 is 4.90 Å². The number of nitrogens with zero attached hydrogens (tertiary/aromatic N) is 1. The van der Waals surface area contributed by atoms with Gasteiger partial charge < -0.3 is 4.90 Å². The van der Waals surface area contributed by atoms with Crippen molar-refractivity contribution in [3.63, 3.8) is 0 Å². The SMILES string of the molecule is CN(C)c1cccc(C(=O)/C2=C/CC/C=C\CC2)c1. The smallest absolute Gasteiger partial charge is 0.188 e. The van der Waals surface area contributed by atoms with Crippen molar-refractivity contribution in [1.29, 1.82) is 0 Å². The minimum absolute atomic E-state index is 0.180. The third-order valence-corrected chi connectivity index (χ3v) is 3.39. The van der Waals surface area contributed by atoms with Crippen LogP contribution in [0.5, 0.6) is 0 Å². The lowest BCUT2D eigenvalue weighted by Gasteiger charge is -2.14. The van der Waals surface area contributed by atoms with E-state index in [-0.39, 0.29) is 5.78 Å². The lowest BCUT2D eigenvalue weighted by Crippen LogP contribution is -2.10. The second-order valence-corrected chi connectivity index (χ2v) is 5.09. The zero-order chi connectivity index (χ0) is 13.7. The minimum atomic E-state index is 0.180. The maximum Gasteiger partial charge on any atom is 0.188 e. The van der Waals surface area contributed by atoms with E-state index in [2.05, 4.69) is 18.2 Å². The quantitative estimate of drug-likeness (QED) is 0.601. The van der Waals surface area contributed by atoms with Gasteiger partial charge in [0.25, 0.3) is 0 Å². The van der Waals surface area contributed by atoms with Gasteiger partial charge in [-0.05, 0) is 43.4 Å². The van der Waals surface area contributed by atoms with Crippen LogP contribution in [0, 0.1) is 0 Å². The van der Waals surface area contributed by atoms with Gasteiger partial charge in [-0.25, -0.2) is 0 Å². The lowest BCUT2D eigenvalue weighted by atomic mass is 9.96. The van der Waals surface area contributed by atoms with E-state index in [1.165, 1.54) is 0 Å². The van der Waals surface area contributed by atoms with Crippen molar-refractivity contribution in [2.24, 2.45) is 0 Å². The van der Waals surface area contributed by atoms with Gasteiger partial charge in [0, 0.05) is 25.3 Å². The molecule has 100 valence electrons. The molecule has 0 unspecified atom stereocenters. The monoisotopic (exact) mass is 255 g/mol. The van der Waals surface area contributed by atoms with Crippen LogP contribution in [0.25, 0.3) is 0 Å². The summed E-state index contributed by atoms with van der Waals surface area (Å²) >= 11 is 0. The number of hydrogen-bond donors (Lipinski definition) is 0. The van der Waals surface area contributed by atoms with Crippen molar-refractivity contribution in [3.05, 3.63) is 53.6 Å². The van der Waals surface area contributed by atoms with Gasteiger partial charge in [0.15, 0.2) is 5.78 Å². The molecule has 0 bridgehead atoms. The van der Waals surface area contributed by atoms with Gasteiger partial charge in [0.05, 0.1) is 0 Å². The first-order chi connectivity index (χ1) is 9.18. The molecule has 1 aromatic rings. The summed E-state index contributed by atoms with van der Waals surface area (Å²) in [6.07, 6.45) is 10.3. The Labute approximate surface area is 115 Å². The third kappa shape index (κ3) is 3.57. The van der Waals surface area contributed by atoms with Crippen LogP contribution in [0.1, 0.15) is 36.0 Å². The summed E-state index contributed by atoms with van der Waals surface area (Å²) in [5, 5.41) is 0. The Hall–Kier alpha value is -1.83. The summed E-state index contributed by atoms with van der Waals surface area (Å²) in [4.78, 5) is 14.5. The van der Waals surface area contributed by atoms with Crippen molar-refractivity contribution < 1.29 is 4.79 Å². The predicted molar refractivity (Wildman–Crippen MR) is 80.8 cm³/mol. The van der Waals surface area contributed by atoms with Crippen LogP contribution in [0.15, 0.2) is 48.1 Å². The highest BCUT2D eigenvalue weighted by molar-refractivity contribution is 6.09. The molecule has 0 radical (unpaired) electrons. The van der Waals surface area contributed by atoms with Gasteiger partial charge in [-0.3, -0.25) is 4.79 Å². The molecule has 2 heteroatoms. The Balaban J connectivity index is 2.21. The van der Waals surface area contributed by atoms with E-state index in [0.29, 0.717) is 0 Å². The normalized spacial score (nSPS) is 19.8. The van der Waals surface area contributed by atoms with Gasteiger partial charge in [-0.1, -0.05) is 30.4 Å². The van der Waals surface area contributed by atoms with E-state index < -0.39 is 0 Å². The van der Waals surface area contributed by atoms with Crippen LogP contribution >= 0.6 is 0 Å². The highest BCUT2D eigenvalue weighted by Crippen LogP contribution is 2.20. The number of rotatable bonds is 3. The Morgan fingerprint density at radius 1 is 1.11 bits per heavy atom. The molecule has 0 atom stereocenters. The maximum atomic E-state index is 12.5. The first-order valence-corrected chi connectivity index (χ1v) is 6.84. The molecule has 0 aromatic heterocycles. The number of anilines is 1. The number of carbonyl (C=O) groups is 1. The number of hydrogen-bond acceptors (Lipinski definition) is 2. The highest BCUT2D eigenvalue weighted by Gasteiger charge is 2.13. The average molecular weight is 255 g/mol. The molecular formula is C17H21NO. The molecule has 2 rings (SSSR count). The molecule has 0 spiro atoms. The Bertz CT molecular complexity index is 512. The van der Waals surface area contributed by atoms with Crippen LogP contribution in [-0.4, -0.2) is 19.9 Å². The summed E-state index contributed by atoms with van der Waals surface area (Å²) in [5.74, 6) is 0.180. The first-order valence-electron chi connectivity index (χ1n) is 6.84. The molecule has 19 heavy (non-hydrogen) atoms. The summed E-state index contributed by atoms with van der Waals surface area (Å²) in [6, 6.07) is 7.85. The van der Waals surface area contributed by atoms with Crippen molar-refractivity contribution >= 4 is 11.5 Å². The number of allylic oxidation sites excluding steroid dienone is 4. The molecule has 1 aliphatic rings. The van der Waals surface area contributed by atoms with Crippen LogP contribution in [0.4, 0.5) is 5.69 Å². The van der Waals surface area contributed by atoms with Crippen molar-refractivity contribution in [2.45, 2.75) is 25.7 Å². The second kappa shape index (κ2) is 6.37. The second-order valence-electron chi connectivity index (χ2n) is 5.09. The van der Waals surface area contributed by atoms with Crippen LogP contribution in [-0.2, 0) is 0 Å². The summed E-state index contributed by atoms with van der Waals surface area (Å²) < 4.78 is 0. The summed E-state index contributed by atoms with van der Waals surface area (Å²) in [5.41, 5.74) is 2.82. The zero-order valence-electron chi connectivity index (χ0n) is 11.7. The molecule has 0 saturated carbocycles. The van der Waals surface area contributed by atoms with Crippen molar-refractivity contribution in [1.82, 2.24) is 0 Å². The van der Waals surface area contributed by atoms with E-state index in [4.69, 9.17) is 0 Å². The topological polar surface area (TPSA) is 20.3 Å². The molecule has 0 fully saturated rings. The van der Waals surface area contributed by atoms with Gasteiger partial charge in [-0.2, -0.15) is 0 Å². The fourth-order valence-electron chi connectivity index (χ4n) is 2.25. The number of benzene rings is 1. The molecule has 2 nitrogen and oxygen atoms in total. The predicted octanol–water partition coefficient (Wildman–Crippen LogP) is 3.99. The highest BCUT2D eigenvalue weighted by atomic mass is 16.1. The molecule has 0 aliphatic heterocycles. The van der Waals surface area contributed by atoms with Crippen LogP contribution in [0.3, 0.4) is 0 Å². The zero-order valence-corrected chi connectivity index (χ0v) is 11.7. The molecule has 0 N–H and O–H groups in total. The molecule has 0 amide bonds. The lowest BCUT2D eigenvalue weighted by molar-refractivity contribution is 0.103. The Morgan fingerprint density at radius 2 is 1.89 bits per heavy atom. The summed E-state index contributed by atoms with van der Waals surface area (Å²) in [7, 11) is 3.98. The minimum Gasteiger partial charge on any atom is -0.378 e.